The summed E-state index contributed by atoms with van der Waals surface area (Å²) in [6.07, 6.45) is 2.09. The quantitative estimate of drug-likeness (QED) is 0.906. The highest BCUT2D eigenvalue weighted by atomic mass is 16.5. The fourth-order valence-electron chi connectivity index (χ4n) is 3.73. The van der Waals surface area contributed by atoms with Gasteiger partial charge in [-0.1, -0.05) is 19.4 Å². The number of hydrogen-bond acceptors (Lipinski definition) is 3. The molecule has 1 aliphatic heterocycles. The molecule has 2 N–H and O–H groups in total. The number of ether oxygens (including phenoxy) is 1. The molecule has 1 aliphatic rings. The number of nitrogens with one attached hydrogen (secondary N) is 1. The first-order valence-electron chi connectivity index (χ1n) is 7.93. The van der Waals surface area contributed by atoms with Crippen LogP contribution in [-0.4, -0.2) is 22.7 Å². The van der Waals surface area contributed by atoms with E-state index in [2.05, 4.69) is 11.1 Å². The van der Waals surface area contributed by atoms with Crippen LogP contribution in [0.4, 0.5) is 0 Å². The molecular weight excluding hydrogens is 292 g/mol. The smallest absolute Gasteiger partial charge is 0.306 e. The first-order valence-corrected chi connectivity index (χ1v) is 7.93. The molecule has 2 aromatic rings. The summed E-state index contributed by atoms with van der Waals surface area (Å²) in [4.78, 5) is 14.8. The Kier molecular flexibility index (Phi) is 3.87. The van der Waals surface area contributed by atoms with Crippen molar-refractivity contribution >= 4 is 16.9 Å². The third kappa shape index (κ3) is 2.40. The van der Waals surface area contributed by atoms with Crippen LogP contribution in [0.1, 0.15) is 48.6 Å². The molecule has 0 fully saturated rings. The predicted molar refractivity (Wildman–Crippen MR) is 86.2 cm³/mol. The number of aromatic amines is 1. The standard InChI is InChI=1S/C18H20N2O3/c1-3-7-18(9-14(21)22)17-13(6-8-23-18)15-12(10-19)5-4-11(2)16(15)20-17/h4-5,20H,3,6-9H2,1-2H3,(H,21,22)/t18-/m1/s1. The van der Waals surface area contributed by atoms with E-state index in [1.165, 1.54) is 0 Å². The predicted octanol–water partition coefficient (Wildman–Crippen LogP) is 3.39. The van der Waals surface area contributed by atoms with Crippen LogP contribution in [0.2, 0.25) is 0 Å². The number of carbonyl (C=O) groups is 1. The van der Waals surface area contributed by atoms with Gasteiger partial charge in [0.05, 0.1) is 35.9 Å². The maximum Gasteiger partial charge on any atom is 0.306 e. The van der Waals surface area contributed by atoms with Crippen molar-refractivity contribution in [1.82, 2.24) is 4.98 Å². The number of aryl methyl sites for hydroxylation is 1. The molecule has 5 nitrogen and oxygen atoms in total. The first-order chi connectivity index (χ1) is 11.0. The van der Waals surface area contributed by atoms with E-state index in [-0.39, 0.29) is 6.42 Å². The molecule has 0 amide bonds. The summed E-state index contributed by atoms with van der Waals surface area (Å²) >= 11 is 0. The lowest BCUT2D eigenvalue weighted by atomic mass is 9.84. The van der Waals surface area contributed by atoms with Gasteiger partial charge < -0.3 is 14.8 Å². The molecule has 0 spiro atoms. The lowest BCUT2D eigenvalue weighted by Gasteiger charge is -2.36. The number of carboxylic acid groups (broad SMARTS) is 1. The number of rotatable bonds is 4. The van der Waals surface area contributed by atoms with Crippen LogP contribution in [0.3, 0.4) is 0 Å². The zero-order chi connectivity index (χ0) is 16.6. The molecule has 23 heavy (non-hydrogen) atoms. The van der Waals surface area contributed by atoms with Crippen molar-refractivity contribution in [2.75, 3.05) is 6.61 Å². The molecule has 1 atom stereocenters. The molecule has 0 saturated heterocycles. The molecule has 0 aliphatic carbocycles. The number of aliphatic carboxylic acids is 1. The lowest BCUT2D eigenvalue weighted by molar-refractivity contribution is -0.149. The van der Waals surface area contributed by atoms with Gasteiger partial charge in [0.1, 0.15) is 5.60 Å². The Morgan fingerprint density at radius 1 is 1.52 bits per heavy atom. The van der Waals surface area contributed by atoms with E-state index in [9.17, 15) is 15.2 Å². The summed E-state index contributed by atoms with van der Waals surface area (Å²) < 4.78 is 5.99. The third-order valence-electron chi connectivity index (χ3n) is 4.66. The number of hydrogen-bond donors (Lipinski definition) is 2. The van der Waals surface area contributed by atoms with Gasteiger partial charge in [0.2, 0.25) is 0 Å². The highest BCUT2D eigenvalue weighted by Crippen LogP contribution is 2.43. The van der Waals surface area contributed by atoms with Crippen molar-refractivity contribution in [2.24, 2.45) is 0 Å². The number of nitrogens with zero attached hydrogens (tertiary/aromatic N) is 1. The number of fused-ring (bicyclic) bond motifs is 3. The largest absolute Gasteiger partial charge is 0.481 e. The first kappa shape index (κ1) is 15.6. The summed E-state index contributed by atoms with van der Waals surface area (Å²) in [6.45, 7) is 4.49. The Morgan fingerprint density at radius 2 is 2.30 bits per heavy atom. The van der Waals surface area contributed by atoms with Crippen molar-refractivity contribution in [1.29, 1.82) is 5.26 Å². The van der Waals surface area contributed by atoms with E-state index < -0.39 is 11.6 Å². The highest BCUT2D eigenvalue weighted by Gasteiger charge is 2.42. The average molecular weight is 312 g/mol. The van der Waals surface area contributed by atoms with E-state index in [1.807, 2.05) is 26.0 Å². The van der Waals surface area contributed by atoms with E-state index in [0.29, 0.717) is 25.0 Å². The third-order valence-corrected chi connectivity index (χ3v) is 4.66. The number of aromatic nitrogens is 1. The van der Waals surface area contributed by atoms with E-state index >= 15 is 0 Å². The minimum absolute atomic E-state index is 0.0679. The minimum Gasteiger partial charge on any atom is -0.481 e. The zero-order valence-corrected chi connectivity index (χ0v) is 13.4. The Balaban J connectivity index is 2.30. The molecular formula is C18H20N2O3. The number of nitriles is 1. The summed E-state index contributed by atoms with van der Waals surface area (Å²) in [5.41, 5.74) is 3.66. The van der Waals surface area contributed by atoms with Crippen molar-refractivity contribution in [2.45, 2.75) is 45.1 Å². The second-order valence-corrected chi connectivity index (χ2v) is 6.18. The van der Waals surface area contributed by atoms with Gasteiger partial charge >= 0.3 is 5.97 Å². The van der Waals surface area contributed by atoms with Gasteiger partial charge in [-0.25, -0.2) is 0 Å². The molecule has 3 rings (SSSR count). The molecule has 120 valence electrons. The van der Waals surface area contributed by atoms with Crippen molar-refractivity contribution in [3.05, 3.63) is 34.5 Å². The van der Waals surface area contributed by atoms with Gasteiger partial charge in [-0.05, 0) is 37.0 Å². The average Bonchev–Trinajstić information content (AvgIpc) is 2.90. The molecule has 0 radical (unpaired) electrons. The van der Waals surface area contributed by atoms with Crippen molar-refractivity contribution in [3.63, 3.8) is 0 Å². The molecule has 2 heterocycles. The van der Waals surface area contributed by atoms with E-state index in [4.69, 9.17) is 4.74 Å². The highest BCUT2D eigenvalue weighted by molar-refractivity contribution is 5.93. The minimum atomic E-state index is -0.873. The van der Waals surface area contributed by atoms with Crippen LogP contribution in [0.5, 0.6) is 0 Å². The Hall–Kier alpha value is -2.32. The van der Waals surface area contributed by atoms with Crippen LogP contribution in [0.25, 0.3) is 10.9 Å². The lowest BCUT2D eigenvalue weighted by Crippen LogP contribution is -2.37. The monoisotopic (exact) mass is 312 g/mol. The molecule has 0 unspecified atom stereocenters. The summed E-state index contributed by atoms with van der Waals surface area (Å²) in [5.74, 6) is -0.873. The van der Waals surface area contributed by atoms with Crippen LogP contribution in [0.15, 0.2) is 12.1 Å². The van der Waals surface area contributed by atoms with Gasteiger partial charge in [0, 0.05) is 5.39 Å². The summed E-state index contributed by atoms with van der Waals surface area (Å²) in [5, 5.41) is 19.7. The zero-order valence-electron chi connectivity index (χ0n) is 13.4. The topological polar surface area (TPSA) is 86.1 Å². The van der Waals surface area contributed by atoms with Gasteiger partial charge in [0.15, 0.2) is 0 Å². The molecule has 0 saturated carbocycles. The molecule has 0 bridgehead atoms. The Bertz CT molecular complexity index is 816. The number of carboxylic acids is 1. The van der Waals surface area contributed by atoms with Crippen LogP contribution < -0.4 is 0 Å². The summed E-state index contributed by atoms with van der Waals surface area (Å²) in [6, 6.07) is 6.01. The van der Waals surface area contributed by atoms with Crippen molar-refractivity contribution < 1.29 is 14.6 Å². The van der Waals surface area contributed by atoms with Crippen LogP contribution in [0, 0.1) is 18.3 Å². The molecule has 1 aromatic carbocycles. The van der Waals surface area contributed by atoms with E-state index in [1.54, 1.807) is 0 Å². The fraction of sp³-hybridized carbons (Fsp3) is 0.444. The molecule has 5 heteroatoms. The second kappa shape index (κ2) is 5.71. The fourth-order valence-corrected chi connectivity index (χ4v) is 3.73. The SMILES string of the molecule is CCC[C@]1(CC(=O)O)OCCc2c1[nH]c1c(C)ccc(C#N)c21. The Morgan fingerprint density at radius 3 is 2.96 bits per heavy atom. The maximum absolute atomic E-state index is 11.4. The maximum atomic E-state index is 11.4. The summed E-state index contributed by atoms with van der Waals surface area (Å²) in [7, 11) is 0. The second-order valence-electron chi connectivity index (χ2n) is 6.18. The van der Waals surface area contributed by atoms with Gasteiger partial charge in [-0.2, -0.15) is 5.26 Å². The van der Waals surface area contributed by atoms with Crippen LogP contribution in [-0.2, 0) is 21.6 Å². The normalized spacial score (nSPS) is 20.2. The van der Waals surface area contributed by atoms with Crippen molar-refractivity contribution in [3.8, 4) is 6.07 Å². The van der Waals surface area contributed by atoms with Gasteiger partial charge in [-0.3, -0.25) is 4.79 Å². The molecule has 1 aromatic heterocycles. The van der Waals surface area contributed by atoms with E-state index in [0.717, 1.165) is 34.1 Å². The van der Waals surface area contributed by atoms with Gasteiger partial charge in [-0.15, -0.1) is 0 Å². The van der Waals surface area contributed by atoms with Gasteiger partial charge in [0.25, 0.3) is 0 Å². The Labute approximate surface area is 134 Å². The number of H-pyrrole nitrogens is 1. The van der Waals surface area contributed by atoms with Crippen LogP contribution >= 0.6 is 0 Å². The number of benzene rings is 1.